The number of fused-ring (bicyclic) bond motifs is 1. The first-order chi connectivity index (χ1) is 17.7. The van der Waals surface area contributed by atoms with E-state index < -0.39 is 17.3 Å². The number of hydrogen-bond donors (Lipinski definition) is 1. The summed E-state index contributed by atoms with van der Waals surface area (Å²) in [7, 11) is 1.86. The number of carboxylic acid groups (broad SMARTS) is 1. The standard InChI is InChI=1S/C30H41N5O3/c1-9-35-18-29(4,5)17-34(16-25(35)36)15-22-14-21(11-10-19(22)2)26(30(6,7)28(37)38)23-12-13-24-27(20(23)3)31-32-33(24)8/h10-14,26H,9,15-18H2,1-8H3,(H,37,38)/t26-/m0/s1. The van der Waals surface area contributed by atoms with Gasteiger partial charge in [0.05, 0.1) is 17.5 Å². The number of likely N-dealkylation sites (N-methyl/N-ethyl adjacent to an activating group) is 1. The second kappa shape index (κ2) is 10.1. The summed E-state index contributed by atoms with van der Waals surface area (Å²) in [6, 6.07) is 10.3. The summed E-state index contributed by atoms with van der Waals surface area (Å²) in [6.45, 7) is 17.4. The van der Waals surface area contributed by atoms with Crippen LogP contribution in [0, 0.1) is 24.7 Å². The van der Waals surface area contributed by atoms with Gasteiger partial charge in [-0.25, -0.2) is 4.68 Å². The molecule has 1 aromatic heterocycles. The SMILES string of the molecule is CCN1CC(C)(C)CN(Cc2cc([C@@H](c3ccc4c(nnn4C)c3C)C(C)(C)C(=O)O)ccc2C)CC1=O. The zero-order valence-electron chi connectivity index (χ0n) is 24.0. The lowest BCUT2D eigenvalue weighted by Crippen LogP contribution is -2.37. The van der Waals surface area contributed by atoms with Crippen molar-refractivity contribution in [2.24, 2.45) is 17.9 Å². The molecule has 1 saturated heterocycles. The molecule has 1 aliphatic rings. The summed E-state index contributed by atoms with van der Waals surface area (Å²) < 4.78 is 1.73. The summed E-state index contributed by atoms with van der Waals surface area (Å²) in [5.74, 6) is -1.10. The van der Waals surface area contributed by atoms with Gasteiger partial charge < -0.3 is 10.0 Å². The van der Waals surface area contributed by atoms with Crippen molar-refractivity contribution in [3.8, 4) is 0 Å². The second-order valence-electron chi connectivity index (χ2n) is 12.2. The lowest BCUT2D eigenvalue weighted by Gasteiger charge is -2.33. The van der Waals surface area contributed by atoms with Crippen LogP contribution in [0.4, 0.5) is 0 Å². The number of nitrogens with zero attached hydrogens (tertiary/aromatic N) is 5. The lowest BCUT2D eigenvalue weighted by atomic mass is 9.69. The van der Waals surface area contributed by atoms with E-state index in [2.05, 4.69) is 48.1 Å². The van der Waals surface area contributed by atoms with Gasteiger partial charge in [-0.1, -0.05) is 43.3 Å². The number of carbonyl (C=O) groups excluding carboxylic acids is 1. The molecule has 0 aliphatic carbocycles. The fourth-order valence-corrected chi connectivity index (χ4v) is 5.96. The number of aromatic nitrogens is 3. The van der Waals surface area contributed by atoms with E-state index >= 15 is 0 Å². The molecule has 0 unspecified atom stereocenters. The van der Waals surface area contributed by atoms with Crippen molar-refractivity contribution in [1.82, 2.24) is 24.8 Å². The Balaban J connectivity index is 1.78. The Morgan fingerprint density at radius 1 is 1.16 bits per heavy atom. The van der Waals surface area contributed by atoms with E-state index in [9.17, 15) is 14.7 Å². The third-order valence-corrected chi connectivity index (χ3v) is 8.13. The number of amides is 1. The third kappa shape index (κ3) is 5.19. The average Bonchev–Trinajstić information content (AvgIpc) is 3.16. The summed E-state index contributed by atoms with van der Waals surface area (Å²) in [4.78, 5) is 29.7. The first-order valence-corrected chi connectivity index (χ1v) is 13.4. The molecule has 1 aliphatic heterocycles. The molecule has 3 aromatic rings. The monoisotopic (exact) mass is 519 g/mol. The minimum Gasteiger partial charge on any atom is -0.481 e. The van der Waals surface area contributed by atoms with Crippen LogP contribution in [0.3, 0.4) is 0 Å². The van der Waals surface area contributed by atoms with Crippen molar-refractivity contribution in [2.75, 3.05) is 26.2 Å². The number of carboxylic acids is 1. The zero-order chi connectivity index (χ0) is 28.0. The summed E-state index contributed by atoms with van der Waals surface area (Å²) in [5.41, 5.74) is 5.66. The highest BCUT2D eigenvalue weighted by atomic mass is 16.4. The van der Waals surface area contributed by atoms with Gasteiger partial charge in [0.1, 0.15) is 5.52 Å². The van der Waals surface area contributed by atoms with E-state index in [1.165, 1.54) is 0 Å². The van der Waals surface area contributed by atoms with Crippen molar-refractivity contribution >= 4 is 22.9 Å². The molecule has 2 heterocycles. The first-order valence-electron chi connectivity index (χ1n) is 13.4. The molecule has 4 rings (SSSR count). The Bertz CT molecular complexity index is 1370. The van der Waals surface area contributed by atoms with E-state index in [1.54, 1.807) is 18.5 Å². The Morgan fingerprint density at radius 3 is 2.53 bits per heavy atom. The molecule has 8 nitrogen and oxygen atoms in total. The van der Waals surface area contributed by atoms with E-state index in [4.69, 9.17) is 0 Å². The molecule has 0 saturated carbocycles. The van der Waals surface area contributed by atoms with Gasteiger partial charge in [0.25, 0.3) is 0 Å². The lowest BCUT2D eigenvalue weighted by molar-refractivity contribution is -0.147. The summed E-state index contributed by atoms with van der Waals surface area (Å²) in [6.07, 6.45) is 0. The molecule has 0 radical (unpaired) electrons. The zero-order valence-corrected chi connectivity index (χ0v) is 24.0. The van der Waals surface area contributed by atoms with Crippen molar-refractivity contribution in [3.05, 3.63) is 58.1 Å². The molecular formula is C30H41N5O3. The van der Waals surface area contributed by atoms with Crippen LogP contribution in [0.5, 0.6) is 0 Å². The van der Waals surface area contributed by atoms with E-state index in [1.807, 2.05) is 44.0 Å². The average molecular weight is 520 g/mol. The molecule has 1 atom stereocenters. The van der Waals surface area contributed by atoms with Gasteiger partial charge in [-0.05, 0) is 73.9 Å². The third-order valence-electron chi connectivity index (χ3n) is 8.13. The largest absolute Gasteiger partial charge is 0.481 e. The molecule has 38 heavy (non-hydrogen) atoms. The van der Waals surface area contributed by atoms with Crippen LogP contribution in [0.2, 0.25) is 0 Å². The summed E-state index contributed by atoms with van der Waals surface area (Å²) in [5, 5.41) is 18.8. The number of carbonyl (C=O) groups is 2. The van der Waals surface area contributed by atoms with Crippen LogP contribution in [0.1, 0.15) is 68.4 Å². The smallest absolute Gasteiger partial charge is 0.310 e. The molecule has 1 N–H and O–H groups in total. The van der Waals surface area contributed by atoms with Crippen LogP contribution >= 0.6 is 0 Å². The van der Waals surface area contributed by atoms with Gasteiger partial charge >= 0.3 is 5.97 Å². The molecule has 1 fully saturated rings. The van der Waals surface area contributed by atoms with Crippen LogP contribution in [0.15, 0.2) is 30.3 Å². The molecular weight excluding hydrogens is 478 g/mol. The Labute approximate surface area is 225 Å². The maximum atomic E-state index is 12.9. The van der Waals surface area contributed by atoms with Crippen LogP contribution in [-0.4, -0.2) is 68.0 Å². The molecule has 204 valence electrons. The van der Waals surface area contributed by atoms with Crippen molar-refractivity contribution in [2.45, 2.75) is 60.9 Å². The highest BCUT2D eigenvalue weighted by Gasteiger charge is 2.40. The van der Waals surface area contributed by atoms with Gasteiger partial charge in [0, 0.05) is 39.1 Å². The minimum atomic E-state index is -1.07. The van der Waals surface area contributed by atoms with E-state index in [0.29, 0.717) is 19.6 Å². The van der Waals surface area contributed by atoms with Crippen molar-refractivity contribution in [1.29, 1.82) is 0 Å². The van der Waals surface area contributed by atoms with Crippen LogP contribution in [-0.2, 0) is 23.2 Å². The van der Waals surface area contributed by atoms with Crippen molar-refractivity contribution < 1.29 is 14.7 Å². The van der Waals surface area contributed by atoms with Gasteiger partial charge in [-0.2, -0.15) is 0 Å². The van der Waals surface area contributed by atoms with Gasteiger partial charge in [0.2, 0.25) is 5.91 Å². The number of rotatable bonds is 7. The van der Waals surface area contributed by atoms with Gasteiger partial charge in [-0.15, -0.1) is 5.10 Å². The molecule has 0 bridgehead atoms. The topological polar surface area (TPSA) is 91.6 Å². The second-order valence-corrected chi connectivity index (χ2v) is 12.2. The Morgan fingerprint density at radius 2 is 1.87 bits per heavy atom. The predicted molar refractivity (Wildman–Crippen MR) is 149 cm³/mol. The minimum absolute atomic E-state index is 0.0231. The number of hydrogen-bond acceptors (Lipinski definition) is 5. The predicted octanol–water partition coefficient (Wildman–Crippen LogP) is 4.52. The van der Waals surface area contributed by atoms with Crippen LogP contribution < -0.4 is 0 Å². The van der Waals surface area contributed by atoms with E-state index in [-0.39, 0.29) is 11.3 Å². The normalized spacial score (nSPS) is 17.6. The van der Waals surface area contributed by atoms with Crippen LogP contribution in [0.25, 0.3) is 11.0 Å². The van der Waals surface area contributed by atoms with Crippen molar-refractivity contribution in [3.63, 3.8) is 0 Å². The highest BCUT2D eigenvalue weighted by Crippen LogP contribution is 2.44. The van der Waals surface area contributed by atoms with Gasteiger partial charge in [-0.3, -0.25) is 14.5 Å². The van der Waals surface area contributed by atoms with Gasteiger partial charge in [0.15, 0.2) is 0 Å². The number of aryl methyl sites for hydroxylation is 3. The fourth-order valence-electron chi connectivity index (χ4n) is 5.96. The fraction of sp³-hybridized carbons (Fsp3) is 0.533. The quantitative estimate of drug-likeness (QED) is 0.494. The summed E-state index contributed by atoms with van der Waals surface area (Å²) >= 11 is 0. The highest BCUT2D eigenvalue weighted by molar-refractivity contribution is 5.82. The molecule has 2 aromatic carbocycles. The number of aliphatic carboxylic acids is 1. The maximum absolute atomic E-state index is 12.9. The Hall–Kier alpha value is -3.26. The molecule has 0 spiro atoms. The number of benzene rings is 2. The maximum Gasteiger partial charge on any atom is 0.310 e. The first kappa shape index (κ1) is 27.8. The molecule has 8 heteroatoms. The molecule has 1 amide bonds. The Kier molecular flexibility index (Phi) is 7.40. The van der Waals surface area contributed by atoms with E-state index in [0.717, 1.165) is 51.9 Å².